The molecule has 0 spiro atoms. The van der Waals surface area contributed by atoms with Crippen LogP contribution in [0.4, 0.5) is 4.39 Å². The van der Waals surface area contributed by atoms with Crippen molar-refractivity contribution in [1.82, 2.24) is 0 Å². The largest absolute Gasteiger partial charge is 0.494 e. The molecule has 0 radical (unpaired) electrons. The average Bonchev–Trinajstić information content (AvgIpc) is 2.68. The number of ether oxygens (including phenoxy) is 1. The maximum absolute atomic E-state index is 14.6. The van der Waals surface area contributed by atoms with Crippen LogP contribution < -0.4 is 4.74 Å². The van der Waals surface area contributed by atoms with Crippen molar-refractivity contribution in [3.63, 3.8) is 0 Å². The van der Waals surface area contributed by atoms with Gasteiger partial charge in [-0.1, -0.05) is 48.6 Å². The summed E-state index contributed by atoms with van der Waals surface area (Å²) in [5.41, 5.74) is 5.18. The third-order valence-electron chi connectivity index (χ3n) is 4.35. The molecule has 3 aromatic carbocycles. The highest BCUT2D eigenvalue weighted by Crippen LogP contribution is 2.26. The molecular weight excluding hydrogens is 335 g/mol. The Hall–Kier alpha value is -3.05. The lowest BCUT2D eigenvalue weighted by Crippen LogP contribution is -1.94. The van der Waals surface area contributed by atoms with Crippen molar-refractivity contribution in [2.75, 3.05) is 6.61 Å². The van der Waals surface area contributed by atoms with E-state index in [0.29, 0.717) is 17.7 Å². The van der Waals surface area contributed by atoms with Crippen LogP contribution in [-0.2, 0) is 0 Å². The molecule has 0 aliphatic heterocycles. The van der Waals surface area contributed by atoms with Crippen LogP contribution in [0.15, 0.2) is 60.7 Å². The lowest BCUT2D eigenvalue weighted by Gasteiger charge is -2.07. The third kappa shape index (κ3) is 4.77. The fraction of sp³-hybridized carbons (Fsp3) is 0.200. The molecule has 0 unspecified atom stereocenters. The Bertz CT molecular complexity index is 974. The average molecular weight is 358 g/mol. The molecule has 0 aliphatic rings. The summed E-state index contributed by atoms with van der Waals surface area (Å²) in [4.78, 5) is 0. The number of halogens is 1. The minimum Gasteiger partial charge on any atom is -0.494 e. The minimum absolute atomic E-state index is 0.253. The fourth-order valence-corrected chi connectivity index (χ4v) is 2.76. The molecule has 0 saturated heterocycles. The highest BCUT2D eigenvalue weighted by atomic mass is 19.1. The first-order valence-electron chi connectivity index (χ1n) is 9.19. The standard InChI is InChI=1S/C25H23FO/c1-4-15-27-23-13-8-20(9-14-23)7-12-22-17-25(26)24(16-19(22)3)21-10-5-18(2)6-11-21/h5-6,8-11,13-14,16-17H,4,15H2,1-3H3. The lowest BCUT2D eigenvalue weighted by molar-refractivity contribution is 0.317. The van der Waals surface area contributed by atoms with Crippen molar-refractivity contribution >= 4 is 0 Å². The van der Waals surface area contributed by atoms with Gasteiger partial charge >= 0.3 is 0 Å². The van der Waals surface area contributed by atoms with Crippen molar-refractivity contribution in [2.45, 2.75) is 27.2 Å². The van der Waals surface area contributed by atoms with Crippen molar-refractivity contribution in [1.29, 1.82) is 0 Å². The van der Waals surface area contributed by atoms with Crippen molar-refractivity contribution in [3.8, 4) is 28.7 Å². The fourth-order valence-electron chi connectivity index (χ4n) is 2.76. The molecule has 0 aliphatic carbocycles. The number of hydrogen-bond donors (Lipinski definition) is 0. The summed E-state index contributed by atoms with van der Waals surface area (Å²) >= 11 is 0. The van der Waals surface area contributed by atoms with E-state index in [0.717, 1.165) is 34.4 Å². The predicted molar refractivity (Wildman–Crippen MR) is 110 cm³/mol. The van der Waals surface area contributed by atoms with Crippen LogP contribution in [0.25, 0.3) is 11.1 Å². The van der Waals surface area contributed by atoms with Gasteiger partial charge < -0.3 is 4.74 Å². The minimum atomic E-state index is -0.253. The van der Waals surface area contributed by atoms with E-state index in [1.807, 2.05) is 68.4 Å². The van der Waals surface area contributed by atoms with Gasteiger partial charge in [-0.15, -0.1) is 0 Å². The van der Waals surface area contributed by atoms with Gasteiger partial charge in [-0.05, 0) is 67.8 Å². The Kier molecular flexibility index (Phi) is 5.94. The second-order valence-electron chi connectivity index (χ2n) is 6.64. The van der Waals surface area contributed by atoms with E-state index in [4.69, 9.17) is 4.74 Å². The normalized spacial score (nSPS) is 10.2. The molecule has 136 valence electrons. The van der Waals surface area contributed by atoms with E-state index >= 15 is 0 Å². The molecule has 0 heterocycles. The van der Waals surface area contributed by atoms with Gasteiger partial charge in [0, 0.05) is 16.7 Å². The van der Waals surface area contributed by atoms with Crippen molar-refractivity contribution in [3.05, 3.63) is 88.7 Å². The monoisotopic (exact) mass is 358 g/mol. The summed E-state index contributed by atoms with van der Waals surface area (Å²) in [7, 11) is 0. The Morgan fingerprint density at radius 3 is 2.26 bits per heavy atom. The van der Waals surface area contributed by atoms with Gasteiger partial charge in [-0.25, -0.2) is 4.39 Å². The molecule has 2 heteroatoms. The summed E-state index contributed by atoms with van der Waals surface area (Å²) in [5, 5.41) is 0. The first-order chi connectivity index (χ1) is 13.1. The van der Waals surface area contributed by atoms with E-state index in [9.17, 15) is 4.39 Å². The number of aryl methyl sites for hydroxylation is 2. The van der Waals surface area contributed by atoms with Crippen molar-refractivity contribution < 1.29 is 9.13 Å². The Morgan fingerprint density at radius 1 is 0.889 bits per heavy atom. The predicted octanol–water partition coefficient (Wildman–Crippen LogP) is 6.30. The molecule has 0 N–H and O–H groups in total. The van der Waals surface area contributed by atoms with Crippen LogP contribution in [0.5, 0.6) is 5.75 Å². The highest BCUT2D eigenvalue weighted by Gasteiger charge is 2.08. The van der Waals surface area contributed by atoms with Gasteiger partial charge in [0.15, 0.2) is 0 Å². The molecule has 0 bridgehead atoms. The van der Waals surface area contributed by atoms with Crippen LogP contribution in [0.1, 0.15) is 35.6 Å². The van der Waals surface area contributed by atoms with Gasteiger partial charge in [0.1, 0.15) is 11.6 Å². The molecule has 0 aromatic heterocycles. The molecular formula is C25H23FO. The quantitative estimate of drug-likeness (QED) is 0.497. The number of hydrogen-bond acceptors (Lipinski definition) is 1. The summed E-state index contributed by atoms with van der Waals surface area (Å²) in [6, 6.07) is 18.9. The molecule has 3 aromatic rings. The Labute approximate surface area is 160 Å². The van der Waals surface area contributed by atoms with Gasteiger partial charge in [0.2, 0.25) is 0 Å². The second-order valence-corrected chi connectivity index (χ2v) is 6.64. The van der Waals surface area contributed by atoms with Gasteiger partial charge in [0.25, 0.3) is 0 Å². The van der Waals surface area contributed by atoms with E-state index in [1.54, 1.807) is 0 Å². The maximum Gasteiger partial charge on any atom is 0.132 e. The van der Waals surface area contributed by atoms with Crippen LogP contribution in [0.3, 0.4) is 0 Å². The number of benzene rings is 3. The van der Waals surface area contributed by atoms with Gasteiger partial charge in [-0.3, -0.25) is 0 Å². The Balaban J connectivity index is 1.83. The van der Waals surface area contributed by atoms with Crippen molar-refractivity contribution in [2.24, 2.45) is 0 Å². The van der Waals surface area contributed by atoms with Gasteiger partial charge in [0.05, 0.1) is 6.61 Å². The molecule has 27 heavy (non-hydrogen) atoms. The van der Waals surface area contributed by atoms with E-state index in [-0.39, 0.29) is 5.82 Å². The zero-order valence-electron chi connectivity index (χ0n) is 16.0. The maximum atomic E-state index is 14.6. The zero-order chi connectivity index (χ0) is 19.2. The first-order valence-corrected chi connectivity index (χ1v) is 9.19. The highest BCUT2D eigenvalue weighted by molar-refractivity contribution is 5.67. The zero-order valence-corrected chi connectivity index (χ0v) is 16.0. The summed E-state index contributed by atoms with van der Waals surface area (Å²) in [6.07, 6.45) is 0.977. The van der Waals surface area contributed by atoms with Crippen LogP contribution in [0.2, 0.25) is 0 Å². The van der Waals surface area contributed by atoms with Crippen LogP contribution in [-0.4, -0.2) is 6.61 Å². The first kappa shape index (κ1) is 18.7. The topological polar surface area (TPSA) is 9.23 Å². The molecule has 3 rings (SSSR count). The molecule has 0 fully saturated rings. The summed E-state index contributed by atoms with van der Waals surface area (Å²) in [5.74, 6) is 6.78. The van der Waals surface area contributed by atoms with E-state index < -0.39 is 0 Å². The Morgan fingerprint density at radius 2 is 1.59 bits per heavy atom. The SMILES string of the molecule is CCCOc1ccc(C#Cc2cc(F)c(-c3ccc(C)cc3)cc2C)cc1. The molecule has 0 amide bonds. The molecule has 0 atom stereocenters. The summed E-state index contributed by atoms with van der Waals surface area (Å²) < 4.78 is 20.2. The molecule has 1 nitrogen and oxygen atoms in total. The lowest BCUT2D eigenvalue weighted by atomic mass is 9.98. The van der Waals surface area contributed by atoms with E-state index in [2.05, 4.69) is 18.8 Å². The second kappa shape index (κ2) is 8.56. The molecule has 0 saturated carbocycles. The summed E-state index contributed by atoms with van der Waals surface area (Å²) in [6.45, 7) is 6.76. The third-order valence-corrected chi connectivity index (χ3v) is 4.35. The van der Waals surface area contributed by atoms with Crippen LogP contribution >= 0.6 is 0 Å². The number of rotatable bonds is 4. The smallest absolute Gasteiger partial charge is 0.132 e. The van der Waals surface area contributed by atoms with Crippen LogP contribution in [0, 0.1) is 31.5 Å². The van der Waals surface area contributed by atoms with E-state index in [1.165, 1.54) is 6.07 Å². The van der Waals surface area contributed by atoms with Gasteiger partial charge in [-0.2, -0.15) is 0 Å².